The molecule has 0 spiro atoms. The second kappa shape index (κ2) is 7.61. The Morgan fingerprint density at radius 1 is 1.32 bits per heavy atom. The number of hydrogen-bond donors (Lipinski definition) is 2. The largest absolute Gasteiger partial charge is 0.345 e. The number of halogens is 1. The Bertz CT molecular complexity index is 556. The van der Waals surface area contributed by atoms with Gasteiger partial charge in [-0.3, -0.25) is 9.59 Å². The van der Waals surface area contributed by atoms with E-state index in [9.17, 15) is 9.59 Å². The quantitative estimate of drug-likeness (QED) is 0.889. The van der Waals surface area contributed by atoms with E-state index >= 15 is 0 Å². The van der Waals surface area contributed by atoms with E-state index < -0.39 is 0 Å². The SMILES string of the molecule is Cc1ccc(C(=O)N(C)C)cc1NC(=O)C(C)C1CNC1.Cl. The summed E-state index contributed by atoms with van der Waals surface area (Å²) in [6, 6.07) is 5.40. The van der Waals surface area contributed by atoms with Gasteiger partial charge in [0.25, 0.3) is 5.91 Å². The van der Waals surface area contributed by atoms with Gasteiger partial charge in [0.05, 0.1) is 0 Å². The van der Waals surface area contributed by atoms with Crippen molar-refractivity contribution in [1.29, 1.82) is 0 Å². The molecular weight excluding hydrogens is 302 g/mol. The minimum absolute atomic E-state index is 0. The summed E-state index contributed by atoms with van der Waals surface area (Å²) in [6.45, 7) is 5.67. The number of hydrogen-bond acceptors (Lipinski definition) is 3. The first-order chi connectivity index (χ1) is 9.90. The summed E-state index contributed by atoms with van der Waals surface area (Å²) in [5.74, 6) is 0.316. The first kappa shape index (κ1) is 18.5. The third-order valence-corrected chi connectivity index (χ3v) is 4.08. The zero-order chi connectivity index (χ0) is 15.6. The third kappa shape index (κ3) is 3.99. The van der Waals surface area contributed by atoms with Crippen molar-refractivity contribution in [2.75, 3.05) is 32.5 Å². The molecule has 1 atom stereocenters. The molecule has 2 amide bonds. The van der Waals surface area contributed by atoms with Gasteiger partial charge in [0, 0.05) is 31.3 Å². The van der Waals surface area contributed by atoms with Crippen LogP contribution in [0.1, 0.15) is 22.8 Å². The van der Waals surface area contributed by atoms with Crippen molar-refractivity contribution >= 4 is 29.9 Å². The van der Waals surface area contributed by atoms with E-state index in [0.29, 0.717) is 17.2 Å². The summed E-state index contributed by atoms with van der Waals surface area (Å²) < 4.78 is 0. The second-order valence-electron chi connectivity index (χ2n) is 5.93. The molecule has 0 aromatic heterocycles. The van der Waals surface area contributed by atoms with Gasteiger partial charge in [-0.1, -0.05) is 13.0 Å². The van der Waals surface area contributed by atoms with Crippen LogP contribution in [0, 0.1) is 18.8 Å². The molecule has 122 valence electrons. The lowest BCUT2D eigenvalue weighted by Gasteiger charge is -2.31. The maximum Gasteiger partial charge on any atom is 0.253 e. The Balaban J connectivity index is 0.00000242. The number of aryl methyl sites for hydroxylation is 1. The number of nitrogens with zero attached hydrogens (tertiary/aromatic N) is 1. The van der Waals surface area contributed by atoms with Crippen LogP contribution in [0.3, 0.4) is 0 Å². The fourth-order valence-corrected chi connectivity index (χ4v) is 2.27. The molecule has 2 N–H and O–H groups in total. The fourth-order valence-electron chi connectivity index (χ4n) is 2.27. The van der Waals surface area contributed by atoms with Gasteiger partial charge in [0.2, 0.25) is 5.91 Å². The lowest BCUT2D eigenvalue weighted by molar-refractivity contribution is -0.121. The van der Waals surface area contributed by atoms with Crippen molar-refractivity contribution in [1.82, 2.24) is 10.2 Å². The van der Waals surface area contributed by atoms with Crippen LogP contribution in [0.25, 0.3) is 0 Å². The van der Waals surface area contributed by atoms with Gasteiger partial charge >= 0.3 is 0 Å². The number of anilines is 1. The average molecular weight is 326 g/mol. The zero-order valence-corrected chi connectivity index (χ0v) is 14.3. The molecule has 6 heteroatoms. The average Bonchev–Trinajstić information content (AvgIpc) is 2.38. The molecule has 1 unspecified atom stereocenters. The van der Waals surface area contributed by atoms with Crippen LogP contribution in [-0.4, -0.2) is 43.9 Å². The molecule has 0 bridgehead atoms. The minimum Gasteiger partial charge on any atom is -0.345 e. The fraction of sp³-hybridized carbons (Fsp3) is 0.500. The van der Waals surface area contributed by atoms with E-state index in [0.717, 1.165) is 18.7 Å². The van der Waals surface area contributed by atoms with Crippen LogP contribution in [0.4, 0.5) is 5.69 Å². The number of benzene rings is 1. The summed E-state index contributed by atoms with van der Waals surface area (Å²) in [5, 5.41) is 6.13. The number of nitrogens with one attached hydrogen (secondary N) is 2. The van der Waals surface area contributed by atoms with Gasteiger partial charge in [-0.15, -0.1) is 12.4 Å². The number of carbonyl (C=O) groups is 2. The Labute approximate surface area is 137 Å². The number of rotatable bonds is 4. The Morgan fingerprint density at radius 3 is 2.45 bits per heavy atom. The van der Waals surface area contributed by atoms with E-state index in [-0.39, 0.29) is 30.1 Å². The highest BCUT2D eigenvalue weighted by Crippen LogP contribution is 2.21. The molecule has 1 heterocycles. The third-order valence-electron chi connectivity index (χ3n) is 4.08. The van der Waals surface area contributed by atoms with E-state index in [1.165, 1.54) is 4.90 Å². The Morgan fingerprint density at radius 2 is 1.95 bits per heavy atom. The van der Waals surface area contributed by atoms with E-state index in [4.69, 9.17) is 0 Å². The van der Waals surface area contributed by atoms with Crippen molar-refractivity contribution in [3.63, 3.8) is 0 Å². The van der Waals surface area contributed by atoms with Crippen molar-refractivity contribution in [3.8, 4) is 0 Å². The molecule has 1 aromatic carbocycles. The highest BCUT2D eigenvalue weighted by Gasteiger charge is 2.28. The van der Waals surface area contributed by atoms with Crippen LogP contribution < -0.4 is 10.6 Å². The molecule has 0 aliphatic carbocycles. The summed E-state index contributed by atoms with van der Waals surface area (Å²) in [7, 11) is 3.43. The van der Waals surface area contributed by atoms with Crippen LogP contribution in [-0.2, 0) is 4.79 Å². The van der Waals surface area contributed by atoms with Gasteiger partial charge < -0.3 is 15.5 Å². The van der Waals surface area contributed by atoms with Gasteiger partial charge in [-0.05, 0) is 43.6 Å². The Hall–Kier alpha value is -1.59. The molecule has 1 fully saturated rings. The van der Waals surface area contributed by atoms with Gasteiger partial charge in [0.15, 0.2) is 0 Å². The monoisotopic (exact) mass is 325 g/mol. The molecule has 2 rings (SSSR count). The number of carbonyl (C=O) groups excluding carboxylic acids is 2. The first-order valence-corrected chi connectivity index (χ1v) is 7.24. The smallest absolute Gasteiger partial charge is 0.253 e. The van der Waals surface area contributed by atoms with Gasteiger partial charge in [0.1, 0.15) is 0 Å². The van der Waals surface area contributed by atoms with Crippen molar-refractivity contribution in [3.05, 3.63) is 29.3 Å². The summed E-state index contributed by atoms with van der Waals surface area (Å²) in [6.07, 6.45) is 0. The van der Waals surface area contributed by atoms with E-state index in [1.54, 1.807) is 26.2 Å². The predicted octanol–water partition coefficient (Wildman–Crippen LogP) is 1.91. The van der Waals surface area contributed by atoms with Crippen molar-refractivity contribution < 1.29 is 9.59 Å². The topological polar surface area (TPSA) is 61.4 Å². The molecular formula is C16H24ClN3O2. The van der Waals surface area contributed by atoms with Gasteiger partial charge in [-0.25, -0.2) is 0 Å². The van der Waals surface area contributed by atoms with Crippen LogP contribution in [0.2, 0.25) is 0 Å². The van der Waals surface area contributed by atoms with Crippen molar-refractivity contribution in [2.45, 2.75) is 13.8 Å². The summed E-state index contributed by atoms with van der Waals surface area (Å²) >= 11 is 0. The zero-order valence-electron chi connectivity index (χ0n) is 13.5. The van der Waals surface area contributed by atoms with E-state index in [1.807, 2.05) is 19.9 Å². The molecule has 1 saturated heterocycles. The molecule has 0 saturated carbocycles. The van der Waals surface area contributed by atoms with E-state index in [2.05, 4.69) is 10.6 Å². The number of amides is 2. The summed E-state index contributed by atoms with van der Waals surface area (Å²) in [4.78, 5) is 25.8. The minimum atomic E-state index is -0.0678. The first-order valence-electron chi connectivity index (χ1n) is 7.24. The normalized spacial score (nSPS) is 15.3. The highest BCUT2D eigenvalue weighted by molar-refractivity contribution is 5.98. The standard InChI is InChI=1S/C16H23N3O2.ClH/c1-10-5-6-12(16(21)19(3)4)7-14(10)18-15(20)11(2)13-8-17-9-13;/h5-7,11,13,17H,8-9H2,1-4H3,(H,18,20);1H. The molecule has 22 heavy (non-hydrogen) atoms. The van der Waals surface area contributed by atoms with Crippen LogP contribution in [0.5, 0.6) is 0 Å². The second-order valence-corrected chi connectivity index (χ2v) is 5.93. The molecule has 0 radical (unpaired) electrons. The Kier molecular flexibility index (Phi) is 6.38. The maximum absolute atomic E-state index is 12.3. The lowest BCUT2D eigenvalue weighted by atomic mass is 9.88. The lowest BCUT2D eigenvalue weighted by Crippen LogP contribution is -2.48. The summed E-state index contributed by atoms with van der Waals surface area (Å²) in [5.41, 5.74) is 2.25. The molecule has 1 aliphatic rings. The molecule has 1 aliphatic heterocycles. The van der Waals surface area contributed by atoms with Crippen LogP contribution >= 0.6 is 12.4 Å². The maximum atomic E-state index is 12.3. The molecule has 1 aromatic rings. The molecule has 5 nitrogen and oxygen atoms in total. The van der Waals surface area contributed by atoms with Crippen molar-refractivity contribution in [2.24, 2.45) is 11.8 Å². The highest BCUT2D eigenvalue weighted by atomic mass is 35.5. The van der Waals surface area contributed by atoms with Gasteiger partial charge in [-0.2, -0.15) is 0 Å². The van der Waals surface area contributed by atoms with Crippen LogP contribution in [0.15, 0.2) is 18.2 Å². The predicted molar refractivity (Wildman–Crippen MR) is 90.6 cm³/mol.